The number of hydrogen-bond acceptors (Lipinski definition) is 5. The van der Waals surface area contributed by atoms with Crippen molar-refractivity contribution in [2.24, 2.45) is 0 Å². The van der Waals surface area contributed by atoms with E-state index in [1.807, 2.05) is 32.0 Å². The molecule has 1 N–H and O–H groups in total. The van der Waals surface area contributed by atoms with Gasteiger partial charge in [0.25, 0.3) is 5.91 Å². The van der Waals surface area contributed by atoms with Gasteiger partial charge in [-0.05, 0) is 62.7 Å². The number of amides is 1. The van der Waals surface area contributed by atoms with E-state index in [9.17, 15) is 4.79 Å². The number of benzene rings is 2. The third-order valence-electron chi connectivity index (χ3n) is 3.80. The molecule has 0 aliphatic rings. The van der Waals surface area contributed by atoms with E-state index in [1.54, 1.807) is 45.4 Å². The van der Waals surface area contributed by atoms with Crippen LogP contribution in [-0.2, 0) is 11.3 Å². The van der Waals surface area contributed by atoms with Crippen molar-refractivity contribution in [2.75, 3.05) is 14.2 Å². The molecule has 2 aromatic rings. The molecule has 6 nitrogen and oxygen atoms in total. The van der Waals surface area contributed by atoms with Crippen LogP contribution in [0, 0.1) is 0 Å². The fraction of sp³-hybridized carbons (Fsp3) is 0.381. The number of rotatable bonds is 9. The van der Waals surface area contributed by atoms with Gasteiger partial charge in [0.1, 0.15) is 11.5 Å². The lowest BCUT2D eigenvalue weighted by Crippen LogP contribution is -2.35. The van der Waals surface area contributed by atoms with E-state index in [0.717, 1.165) is 11.3 Å². The first-order valence-electron chi connectivity index (χ1n) is 8.85. The van der Waals surface area contributed by atoms with Gasteiger partial charge in [0.05, 0.1) is 20.3 Å². The molecule has 0 aromatic heterocycles. The fourth-order valence-electron chi connectivity index (χ4n) is 2.42. The van der Waals surface area contributed by atoms with Crippen LogP contribution in [0.2, 0.25) is 0 Å². The van der Waals surface area contributed by atoms with E-state index < -0.39 is 6.10 Å². The topological polar surface area (TPSA) is 66.0 Å². The van der Waals surface area contributed by atoms with Gasteiger partial charge in [0, 0.05) is 6.54 Å². The molecule has 1 atom stereocenters. The van der Waals surface area contributed by atoms with Crippen molar-refractivity contribution >= 4 is 5.91 Å². The molecule has 0 bridgehead atoms. The molecule has 2 rings (SSSR count). The Morgan fingerprint density at radius 1 is 0.889 bits per heavy atom. The molecule has 146 valence electrons. The van der Waals surface area contributed by atoms with Gasteiger partial charge in [-0.25, -0.2) is 0 Å². The van der Waals surface area contributed by atoms with E-state index in [-0.39, 0.29) is 12.0 Å². The Morgan fingerprint density at radius 3 is 2.15 bits per heavy atom. The molecular weight excluding hydrogens is 346 g/mol. The molecule has 0 aliphatic heterocycles. The number of carbonyl (C=O) groups is 1. The molecule has 0 spiro atoms. The van der Waals surface area contributed by atoms with E-state index in [2.05, 4.69) is 5.32 Å². The Labute approximate surface area is 160 Å². The van der Waals surface area contributed by atoms with Gasteiger partial charge >= 0.3 is 0 Å². The van der Waals surface area contributed by atoms with Gasteiger partial charge in [0.15, 0.2) is 17.6 Å². The quantitative estimate of drug-likeness (QED) is 0.728. The summed E-state index contributed by atoms with van der Waals surface area (Å²) in [6.45, 7) is 5.99. The number of nitrogens with one attached hydrogen (secondary N) is 1. The molecule has 0 saturated carbocycles. The summed E-state index contributed by atoms with van der Waals surface area (Å²) in [7, 11) is 3.19. The van der Waals surface area contributed by atoms with Crippen molar-refractivity contribution in [1.29, 1.82) is 0 Å². The van der Waals surface area contributed by atoms with Crippen molar-refractivity contribution in [3.05, 3.63) is 48.0 Å². The molecule has 0 heterocycles. The van der Waals surface area contributed by atoms with Crippen molar-refractivity contribution < 1.29 is 23.7 Å². The third kappa shape index (κ3) is 6.09. The van der Waals surface area contributed by atoms with Crippen molar-refractivity contribution in [3.63, 3.8) is 0 Å². The van der Waals surface area contributed by atoms with Crippen molar-refractivity contribution in [3.8, 4) is 23.0 Å². The first kappa shape index (κ1) is 20.4. The minimum atomic E-state index is -0.621. The minimum Gasteiger partial charge on any atom is -0.497 e. The molecule has 1 amide bonds. The van der Waals surface area contributed by atoms with Crippen LogP contribution in [0.25, 0.3) is 0 Å². The highest BCUT2D eigenvalue weighted by Crippen LogP contribution is 2.29. The number of hydrogen-bond donors (Lipinski definition) is 1. The van der Waals surface area contributed by atoms with Gasteiger partial charge in [-0.3, -0.25) is 4.79 Å². The Bertz CT molecular complexity index is 743. The van der Waals surface area contributed by atoms with Crippen LogP contribution in [0.15, 0.2) is 42.5 Å². The van der Waals surface area contributed by atoms with Gasteiger partial charge in [0.2, 0.25) is 0 Å². The Balaban J connectivity index is 1.91. The van der Waals surface area contributed by atoms with Crippen LogP contribution in [0.1, 0.15) is 26.3 Å². The summed E-state index contributed by atoms with van der Waals surface area (Å²) in [6.07, 6.45) is -0.566. The SMILES string of the molecule is COc1ccc(OC(C)C(=O)NCc2ccc(OC(C)C)c(OC)c2)cc1. The van der Waals surface area contributed by atoms with E-state index in [4.69, 9.17) is 18.9 Å². The Hall–Kier alpha value is -2.89. The predicted molar refractivity (Wildman–Crippen MR) is 104 cm³/mol. The summed E-state index contributed by atoms with van der Waals surface area (Å²) in [4.78, 5) is 12.3. The molecule has 0 aliphatic carbocycles. The summed E-state index contributed by atoms with van der Waals surface area (Å²) >= 11 is 0. The number of methoxy groups -OCH3 is 2. The van der Waals surface area contributed by atoms with Crippen LogP contribution in [0.5, 0.6) is 23.0 Å². The van der Waals surface area contributed by atoms with E-state index in [0.29, 0.717) is 23.8 Å². The van der Waals surface area contributed by atoms with Gasteiger partial charge in [-0.1, -0.05) is 6.07 Å². The summed E-state index contributed by atoms with van der Waals surface area (Å²) in [5.74, 6) is 2.46. The maximum atomic E-state index is 12.3. The highest BCUT2D eigenvalue weighted by atomic mass is 16.5. The summed E-state index contributed by atoms with van der Waals surface area (Å²) in [6, 6.07) is 12.7. The van der Waals surface area contributed by atoms with Crippen LogP contribution < -0.4 is 24.3 Å². The highest BCUT2D eigenvalue weighted by molar-refractivity contribution is 5.80. The second kappa shape index (κ2) is 9.71. The maximum absolute atomic E-state index is 12.3. The average Bonchev–Trinajstić information content (AvgIpc) is 2.67. The Morgan fingerprint density at radius 2 is 1.56 bits per heavy atom. The van der Waals surface area contributed by atoms with Gasteiger partial charge in [-0.15, -0.1) is 0 Å². The largest absolute Gasteiger partial charge is 0.497 e. The molecule has 2 aromatic carbocycles. The third-order valence-corrected chi connectivity index (χ3v) is 3.80. The molecule has 1 unspecified atom stereocenters. The normalized spacial score (nSPS) is 11.6. The number of ether oxygens (including phenoxy) is 4. The molecule has 0 saturated heterocycles. The molecular formula is C21H27NO5. The lowest BCUT2D eigenvalue weighted by Gasteiger charge is -2.16. The molecule has 6 heteroatoms. The predicted octanol–water partition coefficient (Wildman–Crippen LogP) is 3.57. The standard InChI is InChI=1S/C21H27NO5/c1-14(2)26-19-11-6-16(12-20(19)25-5)13-22-21(23)15(3)27-18-9-7-17(24-4)8-10-18/h6-12,14-15H,13H2,1-5H3,(H,22,23). The van der Waals surface area contributed by atoms with E-state index in [1.165, 1.54) is 0 Å². The number of carbonyl (C=O) groups excluding carboxylic acids is 1. The van der Waals surface area contributed by atoms with Crippen molar-refractivity contribution in [1.82, 2.24) is 5.32 Å². The average molecular weight is 373 g/mol. The molecule has 0 fully saturated rings. The molecule has 27 heavy (non-hydrogen) atoms. The maximum Gasteiger partial charge on any atom is 0.261 e. The zero-order chi connectivity index (χ0) is 19.8. The first-order valence-corrected chi connectivity index (χ1v) is 8.85. The second-order valence-electron chi connectivity index (χ2n) is 6.31. The zero-order valence-corrected chi connectivity index (χ0v) is 16.4. The smallest absolute Gasteiger partial charge is 0.261 e. The summed E-state index contributed by atoms with van der Waals surface area (Å²) in [5.41, 5.74) is 0.910. The fourth-order valence-corrected chi connectivity index (χ4v) is 2.42. The highest BCUT2D eigenvalue weighted by Gasteiger charge is 2.15. The van der Waals surface area contributed by atoms with Crippen LogP contribution in [0.3, 0.4) is 0 Å². The zero-order valence-electron chi connectivity index (χ0n) is 16.4. The Kier molecular flexibility index (Phi) is 7.34. The van der Waals surface area contributed by atoms with E-state index >= 15 is 0 Å². The first-order chi connectivity index (χ1) is 12.9. The monoisotopic (exact) mass is 373 g/mol. The molecule has 0 radical (unpaired) electrons. The van der Waals surface area contributed by atoms with Crippen LogP contribution in [-0.4, -0.2) is 32.3 Å². The minimum absolute atomic E-state index is 0.0559. The van der Waals surface area contributed by atoms with Crippen LogP contribution in [0.4, 0.5) is 0 Å². The van der Waals surface area contributed by atoms with Gasteiger partial charge < -0.3 is 24.3 Å². The second-order valence-corrected chi connectivity index (χ2v) is 6.31. The van der Waals surface area contributed by atoms with Crippen LogP contribution >= 0.6 is 0 Å². The summed E-state index contributed by atoms with van der Waals surface area (Å²) < 4.78 is 21.8. The summed E-state index contributed by atoms with van der Waals surface area (Å²) in [5, 5.41) is 2.87. The lowest BCUT2D eigenvalue weighted by molar-refractivity contribution is -0.127. The van der Waals surface area contributed by atoms with Gasteiger partial charge in [-0.2, -0.15) is 0 Å². The lowest BCUT2D eigenvalue weighted by atomic mass is 10.2. The van der Waals surface area contributed by atoms with Crippen molar-refractivity contribution in [2.45, 2.75) is 39.5 Å².